The van der Waals surface area contributed by atoms with E-state index >= 15 is 0 Å². The maximum absolute atomic E-state index is 9.34. The molecular formula is C17H16N2O2. The molecule has 0 fully saturated rings. The lowest BCUT2D eigenvalue weighted by atomic mass is 10.1. The molecule has 0 bridgehead atoms. The average Bonchev–Trinajstić information content (AvgIpc) is 2.54. The Labute approximate surface area is 123 Å². The summed E-state index contributed by atoms with van der Waals surface area (Å²) in [7, 11) is 0. The van der Waals surface area contributed by atoms with Crippen LogP contribution in [0.3, 0.4) is 0 Å². The first-order chi connectivity index (χ1) is 10.4. The third-order valence-corrected chi connectivity index (χ3v) is 2.55. The molecule has 0 saturated heterocycles. The molecule has 0 heterocycles. The predicted octanol–water partition coefficient (Wildman–Crippen LogP) is 2.94. The average molecular weight is 280 g/mol. The van der Waals surface area contributed by atoms with Crippen LogP contribution in [0.25, 0.3) is 0 Å². The maximum atomic E-state index is 9.34. The van der Waals surface area contributed by atoms with Crippen LogP contribution in [0.4, 0.5) is 0 Å². The molecule has 106 valence electrons. The van der Waals surface area contributed by atoms with Gasteiger partial charge in [-0.2, -0.15) is 0 Å². The molecule has 0 radical (unpaired) electrons. The molecule has 2 rings (SSSR count). The smallest absolute Gasteiger partial charge is 0.211 e. The Balaban J connectivity index is 0.000000240. The van der Waals surface area contributed by atoms with Crippen LogP contribution in [-0.2, 0) is 16.0 Å². The number of isocyanates is 2. The topological polar surface area (TPSA) is 58.9 Å². The second-order valence-electron chi connectivity index (χ2n) is 4.09. The molecule has 4 nitrogen and oxygen atoms in total. The summed E-state index contributed by atoms with van der Waals surface area (Å²) in [5.74, 6) is 0. The molecule has 0 aliphatic heterocycles. The van der Waals surface area contributed by atoms with E-state index in [4.69, 9.17) is 0 Å². The molecular weight excluding hydrogens is 264 g/mol. The van der Waals surface area contributed by atoms with Gasteiger partial charge in [-0.1, -0.05) is 60.7 Å². The minimum Gasteiger partial charge on any atom is -0.211 e. The van der Waals surface area contributed by atoms with Crippen LogP contribution in [0, 0.1) is 0 Å². The zero-order chi connectivity index (χ0) is 15.2. The van der Waals surface area contributed by atoms with Crippen LogP contribution in [-0.4, -0.2) is 25.2 Å². The number of hydrogen-bond donors (Lipinski definition) is 0. The molecule has 0 atom stereocenters. The van der Waals surface area contributed by atoms with Gasteiger partial charge in [-0.15, -0.1) is 0 Å². The molecule has 0 spiro atoms. The summed E-state index contributed by atoms with van der Waals surface area (Å²) in [5.41, 5.74) is 2.74. The van der Waals surface area contributed by atoms with E-state index in [1.54, 1.807) is 0 Å². The Morgan fingerprint density at radius 3 is 1.38 bits per heavy atom. The van der Waals surface area contributed by atoms with Crippen molar-refractivity contribution in [3.8, 4) is 0 Å². The quantitative estimate of drug-likeness (QED) is 0.480. The van der Waals surface area contributed by atoms with E-state index in [0.717, 1.165) is 6.42 Å². The first-order valence-corrected chi connectivity index (χ1v) is 6.52. The third kappa shape index (κ3) is 8.06. The first kappa shape index (κ1) is 16.3. The zero-order valence-corrected chi connectivity index (χ0v) is 11.6. The monoisotopic (exact) mass is 280 g/mol. The van der Waals surface area contributed by atoms with Crippen molar-refractivity contribution >= 4 is 12.2 Å². The van der Waals surface area contributed by atoms with Crippen LogP contribution < -0.4 is 0 Å². The van der Waals surface area contributed by atoms with Crippen molar-refractivity contribution in [2.24, 2.45) is 9.98 Å². The maximum Gasteiger partial charge on any atom is 0.235 e. The number of aliphatic imine (C=N–C) groups is 2. The molecule has 0 N–H and O–H groups in total. The Bertz CT molecular complexity index is 544. The van der Waals surface area contributed by atoms with Crippen LogP contribution in [0.2, 0.25) is 0 Å². The highest BCUT2D eigenvalue weighted by molar-refractivity contribution is 5.34. The second kappa shape index (κ2) is 11.1. The van der Waals surface area contributed by atoms with Gasteiger partial charge in [0.25, 0.3) is 0 Å². The molecule has 21 heavy (non-hydrogen) atoms. The van der Waals surface area contributed by atoms with Crippen LogP contribution >= 0.6 is 0 Å². The minimum atomic E-state index is 0.221. The van der Waals surface area contributed by atoms with Gasteiger partial charge in [0, 0.05) is 0 Å². The van der Waals surface area contributed by atoms with Crippen LogP contribution in [0.15, 0.2) is 70.6 Å². The fourth-order valence-electron chi connectivity index (χ4n) is 1.62. The van der Waals surface area contributed by atoms with Crippen molar-refractivity contribution in [1.82, 2.24) is 0 Å². The van der Waals surface area contributed by atoms with Crippen molar-refractivity contribution in [2.45, 2.75) is 6.42 Å². The normalized spacial score (nSPS) is 8.57. The van der Waals surface area contributed by atoms with Crippen LogP contribution in [0.1, 0.15) is 11.1 Å². The number of hydrogen-bond acceptors (Lipinski definition) is 4. The summed E-state index contributed by atoms with van der Waals surface area (Å²) >= 11 is 0. The summed E-state index contributed by atoms with van der Waals surface area (Å²) in [4.78, 5) is 24.9. The summed E-state index contributed by atoms with van der Waals surface area (Å²) < 4.78 is 0. The number of rotatable bonds is 5. The fourth-order valence-corrected chi connectivity index (χ4v) is 1.62. The lowest BCUT2D eigenvalue weighted by Crippen LogP contribution is -1.85. The summed E-state index contributed by atoms with van der Waals surface area (Å²) in [6.45, 7) is 0.442. The van der Waals surface area contributed by atoms with Gasteiger partial charge in [0.1, 0.15) is 0 Å². The van der Waals surface area contributed by atoms with Crippen molar-refractivity contribution < 1.29 is 9.59 Å². The largest absolute Gasteiger partial charge is 0.235 e. The van der Waals surface area contributed by atoms with Gasteiger partial charge in [0.15, 0.2) is 0 Å². The molecule has 2 aromatic rings. The predicted molar refractivity (Wildman–Crippen MR) is 81.7 cm³/mol. The third-order valence-electron chi connectivity index (χ3n) is 2.55. The van der Waals surface area contributed by atoms with Gasteiger partial charge in [-0.3, -0.25) is 0 Å². The van der Waals surface area contributed by atoms with E-state index in [2.05, 4.69) is 70.6 Å². The molecule has 0 amide bonds. The lowest BCUT2D eigenvalue weighted by molar-refractivity contribution is 0.560. The SMILES string of the molecule is O=C=NCCN=C=O.c1ccc(Cc2ccccc2)cc1. The summed E-state index contributed by atoms with van der Waals surface area (Å²) in [6.07, 6.45) is 3.65. The number of nitrogens with zero attached hydrogens (tertiary/aromatic N) is 2. The molecule has 0 aromatic heterocycles. The van der Waals surface area contributed by atoms with E-state index in [-0.39, 0.29) is 13.1 Å². The van der Waals surface area contributed by atoms with Gasteiger partial charge in [0.05, 0.1) is 13.1 Å². The molecule has 0 unspecified atom stereocenters. The zero-order valence-electron chi connectivity index (χ0n) is 11.6. The van der Waals surface area contributed by atoms with E-state index < -0.39 is 0 Å². The molecule has 2 aromatic carbocycles. The Morgan fingerprint density at radius 1 is 0.667 bits per heavy atom. The molecule has 0 aliphatic carbocycles. The van der Waals surface area contributed by atoms with E-state index in [1.807, 2.05) is 0 Å². The number of benzene rings is 2. The molecule has 4 heteroatoms. The summed E-state index contributed by atoms with van der Waals surface area (Å²) in [6, 6.07) is 21.1. The van der Waals surface area contributed by atoms with Gasteiger partial charge in [-0.05, 0) is 17.5 Å². The molecule has 0 aliphatic rings. The van der Waals surface area contributed by atoms with Crippen molar-refractivity contribution in [3.05, 3.63) is 71.8 Å². The van der Waals surface area contributed by atoms with Crippen molar-refractivity contribution in [3.63, 3.8) is 0 Å². The Hall–Kier alpha value is -2.80. The Kier molecular flexibility index (Phi) is 8.56. The highest BCUT2D eigenvalue weighted by Gasteiger charge is 1.92. The minimum absolute atomic E-state index is 0.221. The summed E-state index contributed by atoms with van der Waals surface area (Å²) in [5, 5.41) is 0. The van der Waals surface area contributed by atoms with Gasteiger partial charge in [-0.25, -0.2) is 19.6 Å². The Morgan fingerprint density at radius 2 is 1.05 bits per heavy atom. The van der Waals surface area contributed by atoms with Crippen molar-refractivity contribution in [1.29, 1.82) is 0 Å². The van der Waals surface area contributed by atoms with Crippen LogP contribution in [0.5, 0.6) is 0 Å². The van der Waals surface area contributed by atoms with Gasteiger partial charge < -0.3 is 0 Å². The number of carbonyl (C=O) groups excluding carboxylic acids is 2. The van der Waals surface area contributed by atoms with Gasteiger partial charge >= 0.3 is 0 Å². The lowest BCUT2D eigenvalue weighted by Gasteiger charge is -2.00. The second-order valence-corrected chi connectivity index (χ2v) is 4.09. The van der Waals surface area contributed by atoms with Gasteiger partial charge in [0.2, 0.25) is 12.2 Å². The highest BCUT2D eigenvalue weighted by atomic mass is 16.1. The van der Waals surface area contributed by atoms with E-state index in [1.165, 1.54) is 23.3 Å². The molecule has 0 saturated carbocycles. The van der Waals surface area contributed by atoms with E-state index in [9.17, 15) is 9.59 Å². The van der Waals surface area contributed by atoms with Crippen molar-refractivity contribution in [2.75, 3.05) is 13.1 Å². The fraction of sp³-hybridized carbons (Fsp3) is 0.176. The highest BCUT2D eigenvalue weighted by Crippen LogP contribution is 2.07. The standard InChI is InChI=1S/C13H12.C4H4N2O2/c1-3-7-12(8-4-1)11-13-9-5-2-6-10-13;7-3-5-1-2-6-4-8/h1-10H,11H2;1-2H2. The van der Waals surface area contributed by atoms with E-state index in [0.29, 0.717) is 0 Å². The first-order valence-electron chi connectivity index (χ1n) is 6.52.